The van der Waals surface area contributed by atoms with Gasteiger partial charge in [0.2, 0.25) is 0 Å². The van der Waals surface area contributed by atoms with Gasteiger partial charge in [0.1, 0.15) is 0 Å². The van der Waals surface area contributed by atoms with Crippen molar-refractivity contribution in [2.45, 2.75) is 58.3 Å². The highest BCUT2D eigenvalue weighted by Gasteiger charge is 1.98. The summed E-state index contributed by atoms with van der Waals surface area (Å²) in [6.45, 7) is 7.77. The molecule has 2 heteroatoms. The Morgan fingerprint density at radius 1 is 1.00 bits per heavy atom. The lowest BCUT2D eigenvalue weighted by atomic mass is 10.00. The second kappa shape index (κ2) is 11.9. The Bertz CT molecular complexity index is 219. The fraction of sp³-hybridized carbons (Fsp3) is 0.733. The van der Waals surface area contributed by atoms with E-state index in [0.29, 0.717) is 0 Å². The Morgan fingerprint density at radius 3 is 2.29 bits per heavy atom. The highest BCUT2D eigenvalue weighted by molar-refractivity contribution is 5.02. The molecule has 0 fully saturated rings. The molecule has 0 aromatic carbocycles. The molecule has 0 aliphatic rings. The summed E-state index contributed by atoms with van der Waals surface area (Å²) in [4.78, 5) is 0. The van der Waals surface area contributed by atoms with E-state index in [1.807, 2.05) is 0 Å². The van der Waals surface area contributed by atoms with Gasteiger partial charge in [0, 0.05) is 0 Å². The summed E-state index contributed by atoms with van der Waals surface area (Å²) in [7, 11) is 0. The molecule has 4 N–H and O–H groups in total. The van der Waals surface area contributed by atoms with Crippen LogP contribution < -0.4 is 11.5 Å². The molecule has 0 aliphatic heterocycles. The third kappa shape index (κ3) is 10.3. The quantitative estimate of drug-likeness (QED) is 0.427. The number of unbranched alkanes of at least 4 members (excludes halogenated alkanes) is 1. The van der Waals surface area contributed by atoms with Gasteiger partial charge in [-0.15, -0.1) is 0 Å². The highest BCUT2D eigenvalue weighted by atomic mass is 14.5. The number of hydrogen-bond acceptors (Lipinski definition) is 2. The van der Waals surface area contributed by atoms with Crippen LogP contribution in [-0.4, -0.2) is 13.1 Å². The average Bonchev–Trinajstić information content (AvgIpc) is 2.31. The van der Waals surface area contributed by atoms with Gasteiger partial charge in [0.25, 0.3) is 0 Å². The van der Waals surface area contributed by atoms with E-state index in [4.69, 9.17) is 11.5 Å². The van der Waals surface area contributed by atoms with Crippen molar-refractivity contribution >= 4 is 0 Å². The van der Waals surface area contributed by atoms with Crippen LogP contribution >= 0.6 is 0 Å². The number of hydrogen-bond donors (Lipinski definition) is 2. The van der Waals surface area contributed by atoms with E-state index in [1.165, 1.54) is 37.7 Å². The maximum atomic E-state index is 5.53. The molecule has 100 valence electrons. The van der Waals surface area contributed by atoms with Crippen molar-refractivity contribution in [3.05, 3.63) is 23.8 Å². The lowest BCUT2D eigenvalue weighted by Crippen LogP contribution is -1.99. The highest BCUT2D eigenvalue weighted by Crippen LogP contribution is 2.17. The molecule has 0 atom stereocenters. The minimum absolute atomic E-state index is 0.732. The predicted octanol–water partition coefficient (Wildman–Crippen LogP) is 3.53. The van der Waals surface area contributed by atoms with Gasteiger partial charge in [0.05, 0.1) is 0 Å². The van der Waals surface area contributed by atoms with E-state index in [9.17, 15) is 0 Å². The minimum Gasteiger partial charge on any atom is -0.330 e. The van der Waals surface area contributed by atoms with Crippen molar-refractivity contribution < 1.29 is 0 Å². The molecule has 0 unspecified atom stereocenters. The first-order valence-corrected chi connectivity index (χ1v) is 6.99. The van der Waals surface area contributed by atoms with Crippen LogP contribution in [0.5, 0.6) is 0 Å². The Morgan fingerprint density at radius 2 is 1.71 bits per heavy atom. The molecule has 2 nitrogen and oxygen atoms in total. The number of rotatable bonds is 11. The minimum atomic E-state index is 0.732. The average molecular weight is 238 g/mol. The van der Waals surface area contributed by atoms with E-state index in [1.54, 1.807) is 5.57 Å². The van der Waals surface area contributed by atoms with E-state index in [-0.39, 0.29) is 0 Å². The first-order chi connectivity index (χ1) is 8.24. The zero-order chi connectivity index (χ0) is 12.9. The number of nitrogens with two attached hydrogens (primary N) is 2. The maximum Gasteiger partial charge on any atom is -0.00400 e. The number of allylic oxidation sites excluding steroid dienone is 1. The summed E-state index contributed by atoms with van der Waals surface area (Å²) in [5.41, 5.74) is 13.9. The molecule has 0 spiro atoms. The Balaban J connectivity index is 3.70. The summed E-state index contributed by atoms with van der Waals surface area (Å²) >= 11 is 0. The fourth-order valence-corrected chi connectivity index (χ4v) is 1.99. The van der Waals surface area contributed by atoms with Crippen molar-refractivity contribution in [3.63, 3.8) is 0 Å². The van der Waals surface area contributed by atoms with Gasteiger partial charge >= 0.3 is 0 Å². The van der Waals surface area contributed by atoms with Crippen molar-refractivity contribution in [2.75, 3.05) is 13.1 Å². The molecule has 0 saturated heterocycles. The molecule has 0 bridgehead atoms. The predicted molar refractivity (Wildman–Crippen MR) is 77.9 cm³/mol. The van der Waals surface area contributed by atoms with Crippen LogP contribution in [0.1, 0.15) is 58.3 Å². The second-order valence-electron chi connectivity index (χ2n) is 4.69. The van der Waals surface area contributed by atoms with Crippen molar-refractivity contribution in [1.82, 2.24) is 0 Å². The molecule has 0 saturated carbocycles. The van der Waals surface area contributed by atoms with Crippen LogP contribution in [0.4, 0.5) is 0 Å². The molecule has 0 aliphatic carbocycles. The van der Waals surface area contributed by atoms with E-state index >= 15 is 0 Å². The van der Waals surface area contributed by atoms with Crippen LogP contribution in [0.2, 0.25) is 0 Å². The Kier molecular flexibility index (Phi) is 11.5. The summed E-state index contributed by atoms with van der Waals surface area (Å²) in [5.74, 6) is 0. The van der Waals surface area contributed by atoms with Gasteiger partial charge in [-0.2, -0.15) is 0 Å². The molecule has 0 amide bonds. The standard InChI is InChI=1S/C15H30N2/c1-3-7-15(10-6-12-16)9-5-4-8-14(2)11-13-17/h10H,2-9,11-13,16-17H2,1H3/b15-10-. The molecular formula is C15H30N2. The SMILES string of the molecule is C=C(CCN)CCCC/C(=C\CCN)CCC. The zero-order valence-electron chi connectivity index (χ0n) is 11.5. The molecule has 0 radical (unpaired) electrons. The zero-order valence-corrected chi connectivity index (χ0v) is 11.5. The smallest absolute Gasteiger partial charge is 0.00400 e. The van der Waals surface area contributed by atoms with Crippen LogP contribution in [-0.2, 0) is 0 Å². The monoisotopic (exact) mass is 238 g/mol. The van der Waals surface area contributed by atoms with Crippen LogP contribution in [0, 0.1) is 0 Å². The third-order valence-corrected chi connectivity index (χ3v) is 2.95. The van der Waals surface area contributed by atoms with E-state index in [2.05, 4.69) is 19.6 Å². The Labute approximate surface area is 107 Å². The van der Waals surface area contributed by atoms with Crippen LogP contribution in [0.3, 0.4) is 0 Å². The van der Waals surface area contributed by atoms with Gasteiger partial charge in [-0.25, -0.2) is 0 Å². The van der Waals surface area contributed by atoms with Crippen LogP contribution in [0.15, 0.2) is 23.8 Å². The molecule has 0 aromatic heterocycles. The van der Waals surface area contributed by atoms with E-state index in [0.717, 1.165) is 32.4 Å². The maximum absolute atomic E-state index is 5.53. The van der Waals surface area contributed by atoms with Gasteiger partial charge < -0.3 is 11.5 Å². The molecule has 17 heavy (non-hydrogen) atoms. The van der Waals surface area contributed by atoms with Gasteiger partial charge in [-0.1, -0.05) is 37.1 Å². The normalized spacial score (nSPS) is 11.8. The van der Waals surface area contributed by atoms with Crippen molar-refractivity contribution in [2.24, 2.45) is 11.5 Å². The fourth-order valence-electron chi connectivity index (χ4n) is 1.99. The third-order valence-electron chi connectivity index (χ3n) is 2.95. The van der Waals surface area contributed by atoms with Gasteiger partial charge in [-0.3, -0.25) is 0 Å². The van der Waals surface area contributed by atoms with Crippen LogP contribution in [0.25, 0.3) is 0 Å². The first kappa shape index (κ1) is 16.4. The Hall–Kier alpha value is -0.600. The largest absolute Gasteiger partial charge is 0.330 e. The molecular weight excluding hydrogens is 208 g/mol. The first-order valence-electron chi connectivity index (χ1n) is 6.99. The van der Waals surface area contributed by atoms with Crippen molar-refractivity contribution in [1.29, 1.82) is 0 Å². The summed E-state index contributed by atoms with van der Waals surface area (Å²) < 4.78 is 0. The summed E-state index contributed by atoms with van der Waals surface area (Å²) in [6, 6.07) is 0. The summed E-state index contributed by atoms with van der Waals surface area (Å²) in [6.07, 6.45) is 11.7. The van der Waals surface area contributed by atoms with E-state index < -0.39 is 0 Å². The van der Waals surface area contributed by atoms with Gasteiger partial charge in [0.15, 0.2) is 0 Å². The van der Waals surface area contributed by atoms with Crippen molar-refractivity contribution in [3.8, 4) is 0 Å². The molecule has 0 rings (SSSR count). The topological polar surface area (TPSA) is 52.0 Å². The van der Waals surface area contributed by atoms with Gasteiger partial charge in [-0.05, 0) is 58.0 Å². The lowest BCUT2D eigenvalue weighted by molar-refractivity contribution is 0.685. The lowest BCUT2D eigenvalue weighted by Gasteiger charge is -2.07. The summed E-state index contributed by atoms with van der Waals surface area (Å²) in [5, 5.41) is 0. The molecule has 0 heterocycles. The second-order valence-corrected chi connectivity index (χ2v) is 4.69. The molecule has 0 aromatic rings.